The second kappa shape index (κ2) is 11.8. The van der Waals surface area contributed by atoms with Crippen molar-refractivity contribution in [1.82, 2.24) is 15.1 Å². The number of anilines is 1. The Morgan fingerprint density at radius 2 is 1.73 bits per heavy atom. The predicted octanol–water partition coefficient (Wildman–Crippen LogP) is 1.56. The van der Waals surface area contributed by atoms with Crippen molar-refractivity contribution >= 4 is 39.3 Å². The fraction of sp³-hybridized carbons (Fsp3) is 0.500. The van der Waals surface area contributed by atoms with Crippen molar-refractivity contribution in [2.75, 3.05) is 51.3 Å². The highest BCUT2D eigenvalue weighted by molar-refractivity contribution is 9.09. The van der Waals surface area contributed by atoms with Crippen molar-refractivity contribution < 1.29 is 29.0 Å². The number of aliphatic hydroxyl groups is 1. The first-order chi connectivity index (χ1) is 19.9. The number of aliphatic hydroxyl groups excluding tert-OH is 1. The Labute approximate surface area is 247 Å². The average molecular weight is 628 g/mol. The summed E-state index contributed by atoms with van der Waals surface area (Å²) < 4.78 is 12.0. The summed E-state index contributed by atoms with van der Waals surface area (Å²) in [6, 6.07) is 16.5. The molecule has 4 fully saturated rings. The third-order valence-corrected chi connectivity index (χ3v) is 9.69. The van der Waals surface area contributed by atoms with Gasteiger partial charge in [-0.15, -0.1) is 0 Å². The number of para-hydroxylation sites is 1. The molecular formula is C30H35BrN4O6. The van der Waals surface area contributed by atoms with Crippen molar-refractivity contribution in [2.24, 2.45) is 11.8 Å². The SMILES string of the molecule is O=C(NCCN1CCOCC1)C1N([C@H](CO)c2ccccc2)C(=O)[C@@H]2[C@@H](C(=O)Nc3ccccc3)[C@@H]3OC12CC3Br. The molecule has 11 heteroatoms. The molecule has 4 heterocycles. The van der Waals surface area contributed by atoms with Crippen LogP contribution in [0, 0.1) is 11.8 Å². The minimum Gasteiger partial charge on any atom is -0.394 e. The number of amides is 3. The van der Waals surface area contributed by atoms with E-state index in [2.05, 4.69) is 31.5 Å². The number of hydrogen-bond donors (Lipinski definition) is 3. The number of carbonyl (C=O) groups is 3. The van der Waals surface area contributed by atoms with Gasteiger partial charge in [-0.1, -0.05) is 64.5 Å². The molecule has 2 bridgehead atoms. The third-order valence-electron chi connectivity index (χ3n) is 8.84. The Morgan fingerprint density at radius 1 is 1.05 bits per heavy atom. The lowest BCUT2D eigenvalue weighted by Crippen LogP contribution is -2.57. The molecule has 0 aromatic heterocycles. The van der Waals surface area contributed by atoms with Gasteiger partial charge in [0, 0.05) is 36.7 Å². The molecule has 3 amide bonds. The Bertz CT molecular complexity index is 1260. The number of carbonyl (C=O) groups excluding carboxylic acids is 3. The van der Waals surface area contributed by atoms with E-state index in [0.717, 1.165) is 13.1 Å². The molecule has 3 unspecified atom stereocenters. The molecule has 4 aliphatic rings. The second-order valence-electron chi connectivity index (χ2n) is 11.1. The second-order valence-corrected chi connectivity index (χ2v) is 12.3. The zero-order chi connectivity index (χ0) is 28.6. The van der Waals surface area contributed by atoms with Gasteiger partial charge < -0.3 is 30.1 Å². The van der Waals surface area contributed by atoms with E-state index in [9.17, 15) is 19.5 Å². The van der Waals surface area contributed by atoms with Gasteiger partial charge >= 0.3 is 0 Å². The normalized spacial score (nSPS) is 31.6. The van der Waals surface area contributed by atoms with Crippen LogP contribution in [-0.4, -0.2) is 101 Å². The summed E-state index contributed by atoms with van der Waals surface area (Å²) in [5, 5.41) is 16.6. The fourth-order valence-corrected chi connectivity index (χ4v) is 7.98. The van der Waals surface area contributed by atoms with Gasteiger partial charge in [0.25, 0.3) is 0 Å². The Hall–Kier alpha value is -2.83. The number of fused-ring (bicyclic) bond motifs is 1. The first-order valence-electron chi connectivity index (χ1n) is 14.2. The highest BCUT2D eigenvalue weighted by Gasteiger charge is 2.77. The lowest BCUT2D eigenvalue weighted by Gasteiger charge is -2.37. The number of nitrogens with zero attached hydrogens (tertiary/aromatic N) is 2. The summed E-state index contributed by atoms with van der Waals surface area (Å²) in [5.74, 6) is -2.68. The van der Waals surface area contributed by atoms with Crippen LogP contribution in [0.1, 0.15) is 18.0 Å². The lowest BCUT2D eigenvalue weighted by molar-refractivity contribution is -0.145. The number of hydrogen-bond acceptors (Lipinski definition) is 7. The summed E-state index contributed by atoms with van der Waals surface area (Å²) in [7, 11) is 0. The molecule has 10 nitrogen and oxygen atoms in total. The van der Waals surface area contributed by atoms with Crippen LogP contribution in [0.4, 0.5) is 5.69 Å². The number of benzene rings is 2. The maximum atomic E-state index is 14.4. The topological polar surface area (TPSA) is 120 Å². The van der Waals surface area contributed by atoms with E-state index in [1.54, 1.807) is 12.1 Å². The van der Waals surface area contributed by atoms with Gasteiger partial charge in [0.05, 0.1) is 43.8 Å². The van der Waals surface area contributed by atoms with E-state index in [4.69, 9.17) is 9.47 Å². The molecule has 7 atom stereocenters. The van der Waals surface area contributed by atoms with E-state index in [1.165, 1.54) is 4.90 Å². The van der Waals surface area contributed by atoms with Crippen molar-refractivity contribution in [2.45, 2.75) is 35.0 Å². The van der Waals surface area contributed by atoms with Crippen LogP contribution in [0.15, 0.2) is 60.7 Å². The van der Waals surface area contributed by atoms with Crippen LogP contribution < -0.4 is 10.6 Å². The summed E-state index contributed by atoms with van der Waals surface area (Å²) in [4.78, 5) is 45.7. The zero-order valence-electron chi connectivity index (χ0n) is 22.7. The molecule has 0 aliphatic carbocycles. The molecule has 1 spiro atoms. The predicted molar refractivity (Wildman–Crippen MR) is 154 cm³/mol. The largest absolute Gasteiger partial charge is 0.394 e. The molecule has 218 valence electrons. The number of halogens is 1. The van der Waals surface area contributed by atoms with Crippen LogP contribution in [0.5, 0.6) is 0 Å². The maximum Gasteiger partial charge on any atom is 0.245 e. The number of ether oxygens (including phenoxy) is 2. The molecule has 3 N–H and O–H groups in total. The van der Waals surface area contributed by atoms with Gasteiger partial charge in [0.15, 0.2) is 0 Å². The Kier molecular flexibility index (Phi) is 8.15. The Morgan fingerprint density at radius 3 is 2.41 bits per heavy atom. The van der Waals surface area contributed by atoms with Crippen molar-refractivity contribution in [3.05, 3.63) is 66.2 Å². The summed E-state index contributed by atoms with van der Waals surface area (Å²) >= 11 is 3.71. The van der Waals surface area contributed by atoms with E-state index >= 15 is 0 Å². The molecule has 6 rings (SSSR count). The van der Waals surface area contributed by atoms with E-state index < -0.39 is 35.6 Å². The van der Waals surface area contributed by atoms with Gasteiger partial charge in [0.2, 0.25) is 17.7 Å². The summed E-state index contributed by atoms with van der Waals surface area (Å²) in [6.07, 6.45) is -0.170. The average Bonchev–Trinajstić information content (AvgIpc) is 3.59. The molecule has 2 aromatic rings. The lowest BCUT2D eigenvalue weighted by atomic mass is 9.70. The molecule has 4 saturated heterocycles. The zero-order valence-corrected chi connectivity index (χ0v) is 24.2. The highest BCUT2D eigenvalue weighted by atomic mass is 79.9. The minimum absolute atomic E-state index is 0.217. The fourth-order valence-electron chi connectivity index (χ4n) is 7.04. The van der Waals surface area contributed by atoms with Crippen LogP contribution in [0.3, 0.4) is 0 Å². The number of nitrogens with one attached hydrogen (secondary N) is 2. The monoisotopic (exact) mass is 626 g/mol. The smallest absolute Gasteiger partial charge is 0.245 e. The molecule has 0 saturated carbocycles. The molecule has 4 aliphatic heterocycles. The number of morpholine rings is 1. The first-order valence-corrected chi connectivity index (χ1v) is 15.1. The minimum atomic E-state index is -1.21. The summed E-state index contributed by atoms with van der Waals surface area (Å²) in [5.41, 5.74) is 0.124. The van der Waals surface area contributed by atoms with Crippen LogP contribution in [0.25, 0.3) is 0 Å². The van der Waals surface area contributed by atoms with Gasteiger partial charge in [-0.2, -0.15) is 0 Å². The van der Waals surface area contributed by atoms with Crippen molar-refractivity contribution in [3.63, 3.8) is 0 Å². The van der Waals surface area contributed by atoms with Crippen molar-refractivity contribution in [1.29, 1.82) is 0 Å². The van der Waals surface area contributed by atoms with E-state index in [0.29, 0.717) is 44.0 Å². The van der Waals surface area contributed by atoms with Crippen LogP contribution in [-0.2, 0) is 23.9 Å². The summed E-state index contributed by atoms with van der Waals surface area (Å²) in [6.45, 7) is 3.58. The molecule has 2 aromatic carbocycles. The van der Waals surface area contributed by atoms with Crippen LogP contribution >= 0.6 is 15.9 Å². The van der Waals surface area contributed by atoms with E-state index in [-0.39, 0.29) is 29.2 Å². The third kappa shape index (κ3) is 5.08. The van der Waals surface area contributed by atoms with Crippen LogP contribution in [0.2, 0.25) is 0 Å². The quantitative estimate of drug-likeness (QED) is 0.361. The molecule has 0 radical (unpaired) electrons. The number of rotatable bonds is 9. The number of alkyl halides is 1. The van der Waals surface area contributed by atoms with Crippen molar-refractivity contribution in [3.8, 4) is 0 Å². The Balaban J connectivity index is 1.32. The first kappa shape index (κ1) is 28.3. The van der Waals surface area contributed by atoms with Gasteiger partial charge in [-0.25, -0.2) is 0 Å². The standard InChI is InChI=1S/C30H35BrN4O6/c31-21-17-30-24(23(25(21)41-30)27(37)33-20-9-5-2-6-10-20)29(39)35(22(18-36)19-7-3-1-4-8-19)26(30)28(38)32-11-12-34-13-15-40-16-14-34/h1-10,21-26,36H,11-18H2,(H,32,38)(H,33,37)/t21?,22-,23-,24+,25-,26?,30?/m1/s1. The van der Waals surface area contributed by atoms with Gasteiger partial charge in [0.1, 0.15) is 11.6 Å². The van der Waals surface area contributed by atoms with Gasteiger partial charge in [-0.3, -0.25) is 19.3 Å². The number of likely N-dealkylation sites (tertiary alicyclic amines) is 1. The van der Waals surface area contributed by atoms with E-state index in [1.807, 2.05) is 48.5 Å². The maximum absolute atomic E-state index is 14.4. The molecular weight excluding hydrogens is 592 g/mol. The highest BCUT2D eigenvalue weighted by Crippen LogP contribution is 2.61. The molecule has 41 heavy (non-hydrogen) atoms. The van der Waals surface area contributed by atoms with Gasteiger partial charge in [-0.05, 0) is 24.1 Å².